The van der Waals surface area contributed by atoms with Crippen LogP contribution in [0.2, 0.25) is 0 Å². The smallest absolute Gasteiger partial charge is 0.407 e. The van der Waals surface area contributed by atoms with E-state index in [1.807, 2.05) is 24.3 Å². The van der Waals surface area contributed by atoms with Gasteiger partial charge in [0.2, 0.25) is 5.91 Å². The Kier molecular flexibility index (Phi) is 5.93. The highest BCUT2D eigenvalue weighted by Gasteiger charge is 2.33. The van der Waals surface area contributed by atoms with Crippen molar-refractivity contribution in [2.24, 2.45) is 5.92 Å². The fourth-order valence-electron chi connectivity index (χ4n) is 4.45. The number of alkyl carbamates (subject to hydrolysis) is 1. The van der Waals surface area contributed by atoms with E-state index in [9.17, 15) is 14.4 Å². The first-order chi connectivity index (χ1) is 14.9. The summed E-state index contributed by atoms with van der Waals surface area (Å²) >= 11 is 0. The standard InChI is InChI=1S/C24H26N2O5/c1-14(23(28)29)25-22(27)12-15-10-16(11-15)26-24(30)31-13-21-19-8-4-2-6-17(19)18-7-3-5-9-20(18)21/h2-9,14-16,21H,10-13H2,1H3,(H,25,27)(H,26,30)(H,28,29)/t14-,15?,16?/m1/s1. The molecule has 2 amide bonds. The highest BCUT2D eigenvalue weighted by molar-refractivity contribution is 5.83. The van der Waals surface area contributed by atoms with E-state index < -0.39 is 18.1 Å². The zero-order valence-electron chi connectivity index (χ0n) is 17.3. The van der Waals surface area contributed by atoms with Crippen LogP contribution in [0.1, 0.15) is 43.2 Å². The number of rotatable bonds is 7. The van der Waals surface area contributed by atoms with Gasteiger partial charge in [0.1, 0.15) is 12.6 Å². The van der Waals surface area contributed by atoms with Crippen LogP contribution in [-0.4, -0.2) is 41.8 Å². The van der Waals surface area contributed by atoms with E-state index in [4.69, 9.17) is 9.84 Å². The molecule has 2 aliphatic carbocycles. The first-order valence-corrected chi connectivity index (χ1v) is 10.6. The molecule has 2 aromatic carbocycles. The van der Waals surface area contributed by atoms with Crippen LogP contribution in [0.25, 0.3) is 11.1 Å². The maximum atomic E-state index is 12.3. The van der Waals surface area contributed by atoms with Gasteiger partial charge >= 0.3 is 12.1 Å². The second-order valence-corrected chi connectivity index (χ2v) is 8.34. The molecule has 4 rings (SSSR count). The fourth-order valence-corrected chi connectivity index (χ4v) is 4.45. The zero-order valence-corrected chi connectivity index (χ0v) is 17.3. The van der Waals surface area contributed by atoms with Gasteiger partial charge < -0.3 is 20.5 Å². The molecule has 31 heavy (non-hydrogen) atoms. The molecule has 1 atom stereocenters. The van der Waals surface area contributed by atoms with E-state index in [0.29, 0.717) is 12.8 Å². The first kappa shape index (κ1) is 20.9. The van der Waals surface area contributed by atoms with Gasteiger partial charge in [-0.05, 0) is 47.9 Å². The number of hydrogen-bond acceptors (Lipinski definition) is 4. The summed E-state index contributed by atoms with van der Waals surface area (Å²) in [4.78, 5) is 34.9. The lowest BCUT2D eigenvalue weighted by Gasteiger charge is -2.35. The van der Waals surface area contributed by atoms with Crippen molar-refractivity contribution >= 4 is 18.0 Å². The minimum Gasteiger partial charge on any atom is -0.480 e. The molecule has 0 radical (unpaired) electrons. The van der Waals surface area contributed by atoms with Gasteiger partial charge in [0.05, 0.1) is 0 Å². The predicted molar refractivity (Wildman–Crippen MR) is 115 cm³/mol. The van der Waals surface area contributed by atoms with Crippen molar-refractivity contribution in [1.29, 1.82) is 0 Å². The predicted octanol–water partition coefficient (Wildman–Crippen LogP) is 3.28. The summed E-state index contributed by atoms with van der Waals surface area (Å²) in [7, 11) is 0. The van der Waals surface area contributed by atoms with Gasteiger partial charge in [-0.1, -0.05) is 48.5 Å². The molecule has 2 aromatic rings. The van der Waals surface area contributed by atoms with E-state index >= 15 is 0 Å². The molecule has 162 valence electrons. The molecule has 1 fully saturated rings. The molecule has 0 aromatic heterocycles. The quantitative estimate of drug-likeness (QED) is 0.635. The average Bonchev–Trinajstić information content (AvgIpc) is 3.04. The van der Waals surface area contributed by atoms with Crippen molar-refractivity contribution in [2.45, 2.75) is 44.2 Å². The number of benzene rings is 2. The third-order valence-electron chi connectivity index (χ3n) is 6.12. The van der Waals surface area contributed by atoms with Crippen LogP contribution < -0.4 is 10.6 Å². The third kappa shape index (κ3) is 4.55. The molecule has 7 heteroatoms. The van der Waals surface area contributed by atoms with Crippen LogP contribution in [0.3, 0.4) is 0 Å². The van der Waals surface area contributed by atoms with Crippen LogP contribution in [0, 0.1) is 5.92 Å². The van der Waals surface area contributed by atoms with Crippen LogP contribution in [-0.2, 0) is 14.3 Å². The van der Waals surface area contributed by atoms with E-state index in [2.05, 4.69) is 34.9 Å². The highest BCUT2D eigenvalue weighted by Crippen LogP contribution is 2.44. The number of carboxylic acid groups (broad SMARTS) is 1. The summed E-state index contributed by atoms with van der Waals surface area (Å²) in [6.45, 7) is 1.70. The van der Waals surface area contributed by atoms with Crippen LogP contribution in [0.5, 0.6) is 0 Å². The number of nitrogens with one attached hydrogen (secondary N) is 2. The van der Waals surface area contributed by atoms with Crippen molar-refractivity contribution in [3.8, 4) is 11.1 Å². The number of carboxylic acids is 1. The largest absolute Gasteiger partial charge is 0.480 e. The number of hydrogen-bond donors (Lipinski definition) is 3. The number of carbonyl (C=O) groups is 3. The van der Waals surface area contributed by atoms with Crippen molar-refractivity contribution in [3.05, 3.63) is 59.7 Å². The Morgan fingerprint density at radius 1 is 1.03 bits per heavy atom. The van der Waals surface area contributed by atoms with Gasteiger partial charge in [-0.15, -0.1) is 0 Å². The van der Waals surface area contributed by atoms with Gasteiger partial charge in [0, 0.05) is 18.4 Å². The van der Waals surface area contributed by atoms with Gasteiger partial charge in [-0.25, -0.2) is 4.79 Å². The lowest BCUT2D eigenvalue weighted by molar-refractivity contribution is -0.141. The van der Waals surface area contributed by atoms with E-state index in [0.717, 1.165) is 0 Å². The van der Waals surface area contributed by atoms with Crippen molar-refractivity contribution in [2.75, 3.05) is 6.61 Å². The maximum absolute atomic E-state index is 12.3. The topological polar surface area (TPSA) is 105 Å². The molecular formula is C24H26N2O5. The maximum Gasteiger partial charge on any atom is 0.407 e. The zero-order chi connectivity index (χ0) is 22.0. The first-order valence-electron chi connectivity index (χ1n) is 10.6. The van der Waals surface area contributed by atoms with Crippen LogP contribution in [0.4, 0.5) is 4.79 Å². The Hall–Kier alpha value is -3.35. The Labute approximate surface area is 180 Å². The molecule has 7 nitrogen and oxygen atoms in total. The second-order valence-electron chi connectivity index (χ2n) is 8.34. The fraction of sp³-hybridized carbons (Fsp3) is 0.375. The molecule has 0 heterocycles. The van der Waals surface area contributed by atoms with E-state index in [1.165, 1.54) is 29.2 Å². The normalized spacial score (nSPS) is 20.0. The van der Waals surface area contributed by atoms with E-state index in [-0.39, 0.29) is 36.8 Å². The Morgan fingerprint density at radius 3 is 2.19 bits per heavy atom. The van der Waals surface area contributed by atoms with Crippen LogP contribution >= 0.6 is 0 Å². The van der Waals surface area contributed by atoms with Gasteiger partial charge in [0.25, 0.3) is 0 Å². The highest BCUT2D eigenvalue weighted by atomic mass is 16.5. The summed E-state index contributed by atoms with van der Waals surface area (Å²) < 4.78 is 5.55. The molecule has 3 N–H and O–H groups in total. The van der Waals surface area contributed by atoms with Gasteiger partial charge in [-0.2, -0.15) is 0 Å². The van der Waals surface area contributed by atoms with Gasteiger partial charge in [-0.3, -0.25) is 9.59 Å². The molecule has 0 unspecified atom stereocenters. The molecule has 0 saturated heterocycles. The number of aliphatic carboxylic acids is 1. The minimum atomic E-state index is -1.06. The molecule has 1 saturated carbocycles. The summed E-state index contributed by atoms with van der Waals surface area (Å²) in [5, 5.41) is 14.2. The third-order valence-corrected chi connectivity index (χ3v) is 6.12. The van der Waals surface area contributed by atoms with Crippen molar-refractivity contribution < 1.29 is 24.2 Å². The molecule has 0 spiro atoms. The summed E-state index contributed by atoms with van der Waals surface area (Å²) in [5.74, 6) is -1.18. The summed E-state index contributed by atoms with van der Waals surface area (Å²) in [6.07, 6.45) is 1.17. The Morgan fingerprint density at radius 2 is 1.61 bits per heavy atom. The molecule has 2 aliphatic rings. The van der Waals surface area contributed by atoms with Crippen molar-refractivity contribution in [3.63, 3.8) is 0 Å². The summed E-state index contributed by atoms with van der Waals surface area (Å²) in [6, 6.07) is 15.4. The minimum absolute atomic E-state index is 0.0206. The number of carbonyl (C=O) groups excluding carboxylic acids is 2. The van der Waals surface area contributed by atoms with E-state index in [1.54, 1.807) is 0 Å². The summed E-state index contributed by atoms with van der Waals surface area (Å²) in [5.41, 5.74) is 4.71. The lowest BCUT2D eigenvalue weighted by atomic mass is 9.78. The average molecular weight is 422 g/mol. The Bertz CT molecular complexity index is 953. The SMILES string of the molecule is C[C@@H](NC(=O)CC1CC(NC(=O)OCC2c3ccccc3-c3ccccc32)C1)C(=O)O. The number of ether oxygens (including phenoxy) is 1. The van der Waals surface area contributed by atoms with Gasteiger partial charge in [0.15, 0.2) is 0 Å². The monoisotopic (exact) mass is 422 g/mol. The van der Waals surface area contributed by atoms with Crippen LogP contribution in [0.15, 0.2) is 48.5 Å². The second kappa shape index (κ2) is 8.79. The Balaban J connectivity index is 1.23. The van der Waals surface area contributed by atoms with Crippen molar-refractivity contribution in [1.82, 2.24) is 10.6 Å². The molecule has 0 aliphatic heterocycles. The lowest BCUT2D eigenvalue weighted by Crippen LogP contribution is -2.47. The number of fused-ring (bicyclic) bond motifs is 3. The molecular weight excluding hydrogens is 396 g/mol. The number of amides is 2. The molecule has 0 bridgehead atoms.